The fraction of sp³-hybridized carbons (Fsp3) is 0.526. The average Bonchev–Trinajstić information content (AvgIpc) is 3.32. The molecule has 2 aromatic rings. The Morgan fingerprint density at radius 3 is 2.62 bits per heavy atom. The van der Waals surface area contributed by atoms with Crippen LogP contribution < -0.4 is 5.32 Å². The number of carbonyl (C=O) groups is 2. The Bertz CT molecular complexity index is 891. The molecule has 0 spiro atoms. The smallest absolute Gasteiger partial charge is 0.346 e. The van der Waals surface area contributed by atoms with Crippen molar-refractivity contribution in [1.82, 2.24) is 19.8 Å². The van der Waals surface area contributed by atoms with Gasteiger partial charge in [0.2, 0.25) is 11.8 Å². The lowest BCUT2D eigenvalue weighted by atomic mass is 10.2. The third kappa shape index (κ3) is 5.23. The van der Waals surface area contributed by atoms with Crippen molar-refractivity contribution in [3.05, 3.63) is 23.8 Å². The van der Waals surface area contributed by atoms with Gasteiger partial charge in [-0.05, 0) is 37.5 Å². The number of likely N-dealkylation sites (tertiary alicyclic amines) is 1. The summed E-state index contributed by atoms with van der Waals surface area (Å²) in [5.41, 5.74) is 0.129. The molecule has 6 nitrogen and oxygen atoms in total. The molecule has 0 saturated carbocycles. The van der Waals surface area contributed by atoms with Gasteiger partial charge in [-0.1, -0.05) is 18.7 Å². The van der Waals surface area contributed by atoms with Crippen molar-refractivity contribution in [2.45, 2.75) is 44.1 Å². The van der Waals surface area contributed by atoms with Gasteiger partial charge in [0, 0.05) is 19.6 Å². The fourth-order valence-corrected chi connectivity index (χ4v) is 4.13. The minimum Gasteiger partial charge on any atom is -0.346 e. The second-order valence-electron chi connectivity index (χ2n) is 6.90. The molecule has 0 unspecified atom stereocenters. The Morgan fingerprint density at radius 2 is 1.97 bits per heavy atom. The highest BCUT2D eigenvalue weighted by Crippen LogP contribution is 2.33. The van der Waals surface area contributed by atoms with Crippen molar-refractivity contribution in [2.75, 3.05) is 25.4 Å². The van der Waals surface area contributed by atoms with Crippen LogP contribution in [0.4, 0.5) is 13.2 Å². The molecule has 29 heavy (non-hydrogen) atoms. The number of hydrogen-bond donors (Lipinski definition) is 1. The van der Waals surface area contributed by atoms with Crippen LogP contribution in [-0.2, 0) is 22.3 Å². The van der Waals surface area contributed by atoms with Crippen molar-refractivity contribution >= 4 is 34.6 Å². The van der Waals surface area contributed by atoms with Gasteiger partial charge in [0.15, 0.2) is 5.16 Å². The number of rotatable bonds is 7. The molecule has 1 N–H and O–H groups in total. The summed E-state index contributed by atoms with van der Waals surface area (Å²) in [7, 11) is 0. The maximum absolute atomic E-state index is 13.0. The summed E-state index contributed by atoms with van der Waals surface area (Å²) in [6, 6.07) is 3.46. The van der Waals surface area contributed by atoms with E-state index in [2.05, 4.69) is 10.3 Å². The van der Waals surface area contributed by atoms with E-state index in [9.17, 15) is 22.8 Å². The zero-order chi connectivity index (χ0) is 21.0. The summed E-state index contributed by atoms with van der Waals surface area (Å²) >= 11 is 1.15. The van der Waals surface area contributed by atoms with Gasteiger partial charge in [0.1, 0.15) is 0 Å². The topological polar surface area (TPSA) is 67.2 Å². The van der Waals surface area contributed by atoms with E-state index in [-0.39, 0.29) is 24.1 Å². The molecule has 2 heterocycles. The number of imidazole rings is 1. The number of fused-ring (bicyclic) bond motifs is 1. The van der Waals surface area contributed by atoms with E-state index in [0.717, 1.165) is 49.8 Å². The SMILES string of the molecule is CCCn1c(SCC(=O)NCC(=O)N2CCCC2)nc2ccc(C(F)(F)F)cc21. The number of carbonyl (C=O) groups excluding carboxylic acids is 2. The molecule has 1 saturated heterocycles. The molecule has 1 aromatic heterocycles. The summed E-state index contributed by atoms with van der Waals surface area (Å²) in [6.45, 7) is 3.83. The molecule has 0 atom stereocenters. The van der Waals surface area contributed by atoms with Crippen LogP contribution in [0.25, 0.3) is 11.0 Å². The molecule has 0 bridgehead atoms. The number of aromatic nitrogens is 2. The lowest BCUT2D eigenvalue weighted by Gasteiger charge is -2.15. The fourth-order valence-electron chi connectivity index (χ4n) is 3.26. The third-order valence-electron chi connectivity index (χ3n) is 4.72. The summed E-state index contributed by atoms with van der Waals surface area (Å²) in [5, 5.41) is 3.10. The Labute approximate surface area is 170 Å². The molecule has 0 aliphatic carbocycles. The van der Waals surface area contributed by atoms with Gasteiger partial charge in [0.25, 0.3) is 0 Å². The lowest BCUT2D eigenvalue weighted by Crippen LogP contribution is -2.39. The normalized spacial score (nSPS) is 14.6. The minimum absolute atomic E-state index is 0.0342. The molecule has 1 aromatic carbocycles. The van der Waals surface area contributed by atoms with Gasteiger partial charge >= 0.3 is 6.18 Å². The molecule has 3 rings (SSSR count). The highest BCUT2D eigenvalue weighted by atomic mass is 32.2. The summed E-state index contributed by atoms with van der Waals surface area (Å²) < 4.78 is 40.8. The Balaban J connectivity index is 1.66. The zero-order valence-electron chi connectivity index (χ0n) is 16.1. The molecule has 2 amide bonds. The molecular weight excluding hydrogens is 405 g/mol. The van der Waals surface area contributed by atoms with Crippen LogP contribution in [0.15, 0.2) is 23.4 Å². The van der Waals surface area contributed by atoms with Crippen molar-refractivity contribution in [3.8, 4) is 0 Å². The largest absolute Gasteiger partial charge is 0.416 e. The minimum atomic E-state index is -4.43. The van der Waals surface area contributed by atoms with Crippen LogP contribution in [0, 0.1) is 0 Å². The van der Waals surface area contributed by atoms with Gasteiger partial charge in [-0.3, -0.25) is 9.59 Å². The van der Waals surface area contributed by atoms with E-state index in [1.165, 1.54) is 6.07 Å². The molecular formula is C19H23F3N4O2S. The van der Waals surface area contributed by atoms with Crippen LogP contribution in [0.3, 0.4) is 0 Å². The monoisotopic (exact) mass is 428 g/mol. The second-order valence-corrected chi connectivity index (χ2v) is 7.84. The number of thioether (sulfide) groups is 1. The first-order chi connectivity index (χ1) is 13.8. The van der Waals surface area contributed by atoms with Gasteiger partial charge in [-0.15, -0.1) is 0 Å². The average molecular weight is 428 g/mol. The Hall–Kier alpha value is -2.23. The van der Waals surface area contributed by atoms with Gasteiger partial charge in [0.05, 0.1) is 28.9 Å². The first-order valence-electron chi connectivity index (χ1n) is 9.54. The van der Waals surface area contributed by atoms with E-state index in [1.807, 2.05) is 6.92 Å². The van der Waals surface area contributed by atoms with E-state index < -0.39 is 11.7 Å². The van der Waals surface area contributed by atoms with Crippen LogP contribution in [0.2, 0.25) is 0 Å². The van der Waals surface area contributed by atoms with Gasteiger partial charge in [-0.2, -0.15) is 13.2 Å². The van der Waals surface area contributed by atoms with E-state index in [0.29, 0.717) is 29.2 Å². The number of nitrogens with one attached hydrogen (secondary N) is 1. The molecule has 1 aliphatic rings. The molecule has 0 radical (unpaired) electrons. The number of halogens is 3. The van der Waals surface area contributed by atoms with Crippen LogP contribution in [0.5, 0.6) is 0 Å². The quantitative estimate of drug-likeness (QED) is 0.688. The van der Waals surface area contributed by atoms with Gasteiger partial charge in [-0.25, -0.2) is 4.98 Å². The van der Waals surface area contributed by atoms with Crippen LogP contribution >= 0.6 is 11.8 Å². The van der Waals surface area contributed by atoms with E-state index in [4.69, 9.17) is 0 Å². The first-order valence-corrected chi connectivity index (χ1v) is 10.5. The summed E-state index contributed by atoms with van der Waals surface area (Å²) in [5.74, 6) is -0.376. The summed E-state index contributed by atoms with van der Waals surface area (Å²) in [4.78, 5) is 30.2. The third-order valence-corrected chi connectivity index (χ3v) is 5.69. The van der Waals surface area contributed by atoms with Crippen molar-refractivity contribution < 1.29 is 22.8 Å². The first kappa shape index (κ1) is 21.5. The predicted octanol–water partition coefficient (Wildman–Crippen LogP) is 3.30. The number of aryl methyl sites for hydroxylation is 1. The highest BCUT2D eigenvalue weighted by molar-refractivity contribution is 7.99. The van der Waals surface area contributed by atoms with Crippen molar-refractivity contribution in [3.63, 3.8) is 0 Å². The predicted molar refractivity (Wildman–Crippen MR) is 105 cm³/mol. The van der Waals surface area contributed by atoms with Crippen LogP contribution in [0.1, 0.15) is 31.7 Å². The molecule has 1 aliphatic heterocycles. The lowest BCUT2D eigenvalue weighted by molar-refractivity contribution is -0.137. The Morgan fingerprint density at radius 1 is 1.24 bits per heavy atom. The van der Waals surface area contributed by atoms with Crippen molar-refractivity contribution in [2.24, 2.45) is 0 Å². The standard InChI is InChI=1S/C19H23F3N4O2S/c1-2-7-26-15-10-13(19(20,21)22)5-6-14(15)24-18(26)29-12-16(27)23-11-17(28)25-8-3-4-9-25/h5-6,10H,2-4,7-9,11-12H2,1H3,(H,23,27). The number of hydrogen-bond acceptors (Lipinski definition) is 4. The number of amides is 2. The number of alkyl halides is 3. The zero-order valence-corrected chi connectivity index (χ0v) is 16.9. The number of nitrogens with zero attached hydrogens (tertiary/aromatic N) is 3. The van der Waals surface area contributed by atoms with Crippen LogP contribution in [-0.4, -0.2) is 51.7 Å². The summed E-state index contributed by atoms with van der Waals surface area (Å²) in [6.07, 6.45) is -1.74. The molecule has 1 fully saturated rings. The van der Waals surface area contributed by atoms with Crippen molar-refractivity contribution in [1.29, 1.82) is 0 Å². The molecule has 10 heteroatoms. The Kier molecular flexibility index (Phi) is 6.71. The maximum Gasteiger partial charge on any atom is 0.416 e. The van der Waals surface area contributed by atoms with E-state index >= 15 is 0 Å². The highest BCUT2D eigenvalue weighted by Gasteiger charge is 2.31. The maximum atomic E-state index is 13.0. The number of benzene rings is 1. The van der Waals surface area contributed by atoms with Gasteiger partial charge < -0.3 is 14.8 Å². The van der Waals surface area contributed by atoms with E-state index in [1.54, 1.807) is 9.47 Å². The molecule has 158 valence electrons. The second kappa shape index (κ2) is 9.06.